The second-order valence-corrected chi connectivity index (χ2v) is 4.98. The highest BCUT2D eigenvalue weighted by Gasteiger charge is 2.19. The Balaban J connectivity index is 2.08. The molecule has 1 aromatic heterocycles. The van der Waals surface area contributed by atoms with Crippen LogP contribution in [-0.2, 0) is 19.4 Å². The second kappa shape index (κ2) is 5.13. The topological polar surface area (TPSA) is 38.1 Å². The molecule has 1 aromatic carbocycles. The maximum Gasteiger partial charge on any atom is 0.123 e. The van der Waals surface area contributed by atoms with E-state index in [2.05, 4.69) is 5.10 Å². The molecule has 0 amide bonds. The maximum absolute atomic E-state index is 13.0. The number of benzene rings is 1. The van der Waals surface area contributed by atoms with Crippen LogP contribution in [0.2, 0.25) is 0 Å². The van der Waals surface area contributed by atoms with Gasteiger partial charge in [0.15, 0.2) is 0 Å². The standard InChI is InChI=1S/C15H17FN2O/c16-11-6-8-12(9-7-11)18-15(10-19)13-4-2-1-3-5-14(13)17-18/h6-9,19H,1-5,10H2. The van der Waals surface area contributed by atoms with Crippen molar-refractivity contribution in [3.05, 3.63) is 47.0 Å². The molecule has 3 nitrogen and oxygen atoms in total. The molecular formula is C15H17FN2O. The molecule has 0 spiro atoms. The molecule has 0 atom stereocenters. The fourth-order valence-electron chi connectivity index (χ4n) is 2.75. The predicted molar refractivity (Wildman–Crippen MR) is 70.7 cm³/mol. The number of halogens is 1. The molecule has 0 bridgehead atoms. The number of aliphatic hydroxyl groups is 1. The summed E-state index contributed by atoms with van der Waals surface area (Å²) in [5, 5.41) is 14.3. The molecule has 1 aliphatic carbocycles. The molecule has 19 heavy (non-hydrogen) atoms. The molecule has 3 rings (SSSR count). The van der Waals surface area contributed by atoms with Gasteiger partial charge in [-0.15, -0.1) is 0 Å². The van der Waals surface area contributed by atoms with Crippen LogP contribution in [0.1, 0.15) is 36.2 Å². The quantitative estimate of drug-likeness (QED) is 0.843. The van der Waals surface area contributed by atoms with E-state index in [1.54, 1.807) is 16.8 Å². The lowest BCUT2D eigenvalue weighted by atomic mass is 10.1. The lowest BCUT2D eigenvalue weighted by Gasteiger charge is -2.07. The molecule has 0 aliphatic heterocycles. The van der Waals surface area contributed by atoms with Gasteiger partial charge in [-0.25, -0.2) is 9.07 Å². The number of aliphatic hydroxyl groups excluding tert-OH is 1. The van der Waals surface area contributed by atoms with Crippen LogP contribution < -0.4 is 0 Å². The first-order valence-corrected chi connectivity index (χ1v) is 6.76. The van der Waals surface area contributed by atoms with Crippen molar-refractivity contribution >= 4 is 0 Å². The van der Waals surface area contributed by atoms with E-state index in [9.17, 15) is 9.50 Å². The smallest absolute Gasteiger partial charge is 0.123 e. The van der Waals surface area contributed by atoms with Gasteiger partial charge in [0.2, 0.25) is 0 Å². The molecule has 1 aliphatic rings. The Morgan fingerprint density at radius 2 is 1.84 bits per heavy atom. The minimum Gasteiger partial charge on any atom is -0.390 e. The van der Waals surface area contributed by atoms with E-state index < -0.39 is 0 Å². The molecule has 4 heteroatoms. The SMILES string of the molecule is OCc1c2c(nn1-c1ccc(F)cc1)CCCCC2. The molecule has 1 N–H and O–H groups in total. The van der Waals surface area contributed by atoms with Crippen molar-refractivity contribution in [2.24, 2.45) is 0 Å². The first-order chi connectivity index (χ1) is 9.29. The van der Waals surface area contributed by atoms with Gasteiger partial charge in [0.1, 0.15) is 5.82 Å². The fraction of sp³-hybridized carbons (Fsp3) is 0.400. The van der Waals surface area contributed by atoms with Crippen molar-refractivity contribution < 1.29 is 9.50 Å². The number of nitrogens with zero attached hydrogens (tertiary/aromatic N) is 2. The van der Waals surface area contributed by atoms with Crippen LogP contribution >= 0.6 is 0 Å². The van der Waals surface area contributed by atoms with Crippen LogP contribution in [0.25, 0.3) is 5.69 Å². The van der Waals surface area contributed by atoms with Crippen LogP contribution in [0, 0.1) is 5.82 Å². The first kappa shape index (κ1) is 12.4. The van der Waals surface area contributed by atoms with Crippen molar-refractivity contribution in [3.63, 3.8) is 0 Å². The van der Waals surface area contributed by atoms with Gasteiger partial charge in [-0.1, -0.05) is 6.42 Å². The summed E-state index contributed by atoms with van der Waals surface area (Å²) in [6, 6.07) is 6.23. The first-order valence-electron chi connectivity index (χ1n) is 6.76. The molecule has 0 unspecified atom stereocenters. The molecule has 0 radical (unpaired) electrons. The zero-order valence-corrected chi connectivity index (χ0v) is 10.8. The highest BCUT2D eigenvalue weighted by atomic mass is 19.1. The normalized spacial score (nSPS) is 15.1. The third-order valence-corrected chi connectivity index (χ3v) is 3.73. The zero-order valence-electron chi connectivity index (χ0n) is 10.8. The van der Waals surface area contributed by atoms with Crippen molar-refractivity contribution in [2.45, 2.75) is 38.7 Å². The van der Waals surface area contributed by atoms with E-state index >= 15 is 0 Å². The van der Waals surface area contributed by atoms with E-state index in [-0.39, 0.29) is 12.4 Å². The maximum atomic E-state index is 13.0. The van der Waals surface area contributed by atoms with E-state index in [0.717, 1.165) is 42.8 Å². The van der Waals surface area contributed by atoms with Gasteiger partial charge >= 0.3 is 0 Å². The van der Waals surface area contributed by atoms with Gasteiger partial charge in [0.05, 0.1) is 23.7 Å². The minimum absolute atomic E-state index is 0.0281. The summed E-state index contributed by atoms with van der Waals surface area (Å²) in [6.45, 7) is -0.0281. The number of hydrogen-bond acceptors (Lipinski definition) is 2. The van der Waals surface area contributed by atoms with Crippen molar-refractivity contribution in [1.29, 1.82) is 0 Å². The summed E-state index contributed by atoms with van der Waals surface area (Å²) < 4.78 is 14.7. The van der Waals surface area contributed by atoms with Gasteiger partial charge < -0.3 is 5.11 Å². The van der Waals surface area contributed by atoms with E-state index in [4.69, 9.17) is 0 Å². The monoisotopic (exact) mass is 260 g/mol. The van der Waals surface area contributed by atoms with Gasteiger partial charge in [0.25, 0.3) is 0 Å². The Hall–Kier alpha value is -1.68. The molecule has 0 saturated heterocycles. The molecule has 1 heterocycles. The summed E-state index contributed by atoms with van der Waals surface area (Å²) in [6.07, 6.45) is 5.47. The summed E-state index contributed by atoms with van der Waals surface area (Å²) in [5.41, 5.74) is 3.93. The predicted octanol–water partition coefficient (Wildman–Crippen LogP) is 2.77. The van der Waals surface area contributed by atoms with Gasteiger partial charge in [-0.3, -0.25) is 0 Å². The molecule has 100 valence electrons. The highest BCUT2D eigenvalue weighted by molar-refractivity contribution is 5.38. The van der Waals surface area contributed by atoms with Crippen LogP contribution in [0.3, 0.4) is 0 Å². The Bertz CT molecular complexity index is 575. The Morgan fingerprint density at radius 3 is 2.58 bits per heavy atom. The molecule has 0 saturated carbocycles. The Morgan fingerprint density at radius 1 is 1.11 bits per heavy atom. The van der Waals surface area contributed by atoms with Crippen LogP contribution in [0.15, 0.2) is 24.3 Å². The van der Waals surface area contributed by atoms with Crippen LogP contribution in [0.5, 0.6) is 0 Å². The van der Waals surface area contributed by atoms with E-state index in [1.807, 2.05) is 0 Å². The molecule has 0 fully saturated rings. The summed E-state index contributed by atoms with van der Waals surface area (Å²) in [5.74, 6) is -0.261. The number of aromatic nitrogens is 2. The molecular weight excluding hydrogens is 243 g/mol. The van der Waals surface area contributed by atoms with Crippen molar-refractivity contribution in [2.75, 3.05) is 0 Å². The van der Waals surface area contributed by atoms with Crippen LogP contribution in [-0.4, -0.2) is 14.9 Å². The third kappa shape index (κ3) is 2.28. The average molecular weight is 260 g/mol. The second-order valence-electron chi connectivity index (χ2n) is 4.98. The molecule has 2 aromatic rings. The van der Waals surface area contributed by atoms with Crippen molar-refractivity contribution in [1.82, 2.24) is 9.78 Å². The van der Waals surface area contributed by atoms with Gasteiger partial charge in [0, 0.05) is 0 Å². The Labute approximate surface area is 111 Å². The van der Waals surface area contributed by atoms with Crippen molar-refractivity contribution in [3.8, 4) is 5.69 Å². The third-order valence-electron chi connectivity index (χ3n) is 3.73. The summed E-state index contributed by atoms with van der Waals surface area (Å²) >= 11 is 0. The highest BCUT2D eigenvalue weighted by Crippen LogP contribution is 2.25. The van der Waals surface area contributed by atoms with E-state index in [0.29, 0.717) is 0 Å². The van der Waals surface area contributed by atoms with E-state index in [1.165, 1.54) is 24.1 Å². The largest absolute Gasteiger partial charge is 0.390 e. The number of hydrogen-bond donors (Lipinski definition) is 1. The Kier molecular flexibility index (Phi) is 3.34. The number of rotatable bonds is 2. The number of fused-ring (bicyclic) bond motifs is 1. The van der Waals surface area contributed by atoms with Gasteiger partial charge in [-0.2, -0.15) is 5.10 Å². The minimum atomic E-state index is -0.261. The lowest BCUT2D eigenvalue weighted by molar-refractivity contribution is 0.272. The summed E-state index contributed by atoms with van der Waals surface area (Å²) in [4.78, 5) is 0. The fourth-order valence-corrected chi connectivity index (χ4v) is 2.75. The summed E-state index contributed by atoms with van der Waals surface area (Å²) in [7, 11) is 0. The zero-order chi connectivity index (χ0) is 13.2. The number of aryl methyl sites for hydroxylation is 1. The van der Waals surface area contributed by atoms with Gasteiger partial charge in [-0.05, 0) is 55.5 Å². The lowest BCUT2D eigenvalue weighted by Crippen LogP contribution is -2.04. The average Bonchev–Trinajstić information content (AvgIpc) is 2.61. The van der Waals surface area contributed by atoms with Crippen LogP contribution in [0.4, 0.5) is 4.39 Å².